The summed E-state index contributed by atoms with van der Waals surface area (Å²) in [6.07, 6.45) is 0. The summed E-state index contributed by atoms with van der Waals surface area (Å²) in [4.78, 5) is 15.3. The Balaban J connectivity index is 0.994. The Morgan fingerprint density at radius 1 is 0.345 bits per heavy atom. The van der Waals surface area contributed by atoms with Crippen molar-refractivity contribution in [3.05, 3.63) is 193 Å². The van der Waals surface area contributed by atoms with Gasteiger partial charge in [-0.15, -0.1) is 0 Å². The van der Waals surface area contributed by atoms with Crippen molar-refractivity contribution in [2.24, 2.45) is 0 Å². The fourth-order valence-electron chi connectivity index (χ4n) is 9.59. The minimum Gasteiger partial charge on any atom is -0.278 e. The summed E-state index contributed by atoms with van der Waals surface area (Å²) in [5, 5.41) is 10.0. The lowest BCUT2D eigenvalue weighted by Crippen LogP contribution is -2.14. The predicted molar refractivity (Wildman–Crippen MR) is 241 cm³/mol. The summed E-state index contributed by atoms with van der Waals surface area (Å²) in [5.74, 6) is 1.86. The van der Waals surface area contributed by atoms with Gasteiger partial charge in [0.25, 0.3) is 0 Å². The summed E-state index contributed by atoms with van der Waals surface area (Å²) >= 11 is 0. The van der Waals surface area contributed by atoms with E-state index >= 15 is 0 Å². The predicted octanol–water partition coefficient (Wildman–Crippen LogP) is 13.7. The van der Waals surface area contributed by atoms with Crippen molar-refractivity contribution >= 4 is 54.1 Å². The zero-order chi connectivity index (χ0) is 38.5. The molecule has 12 rings (SSSR count). The topological polar surface area (TPSA) is 43.6 Å². The molecule has 0 N–H and O–H groups in total. The van der Waals surface area contributed by atoms with E-state index < -0.39 is 0 Å². The lowest BCUT2D eigenvalue weighted by Gasteiger charge is -2.22. The maximum Gasteiger partial charge on any atom is 0.238 e. The number of hydrogen-bond donors (Lipinski definition) is 0. The van der Waals surface area contributed by atoms with Crippen LogP contribution in [0.25, 0.3) is 105 Å². The molecule has 0 aliphatic heterocycles. The van der Waals surface area contributed by atoms with E-state index in [1.807, 2.05) is 18.2 Å². The number of aromatic nitrogens is 4. The van der Waals surface area contributed by atoms with Gasteiger partial charge >= 0.3 is 0 Å². The summed E-state index contributed by atoms with van der Waals surface area (Å²) < 4.78 is 2.16. The fraction of sp³-hybridized carbons (Fsp3) is 0.0556. The first-order chi connectivity index (χ1) is 28.5. The molecule has 11 aromatic rings. The van der Waals surface area contributed by atoms with Crippen LogP contribution in [0.5, 0.6) is 0 Å². The van der Waals surface area contributed by atoms with Gasteiger partial charge in [0.05, 0.1) is 11.0 Å². The monoisotopic (exact) mass is 740 g/mol. The van der Waals surface area contributed by atoms with Gasteiger partial charge < -0.3 is 0 Å². The van der Waals surface area contributed by atoms with Gasteiger partial charge in [-0.25, -0.2) is 4.98 Å². The van der Waals surface area contributed by atoms with Gasteiger partial charge in [-0.1, -0.05) is 166 Å². The quantitative estimate of drug-likeness (QED) is 0.169. The van der Waals surface area contributed by atoms with Gasteiger partial charge in [0.1, 0.15) is 0 Å². The highest BCUT2D eigenvalue weighted by atomic mass is 15.2. The van der Waals surface area contributed by atoms with Crippen LogP contribution in [0.3, 0.4) is 0 Å². The highest BCUT2D eigenvalue weighted by Crippen LogP contribution is 2.51. The minimum atomic E-state index is -0.0651. The largest absolute Gasteiger partial charge is 0.278 e. The molecule has 0 radical (unpaired) electrons. The third-order valence-electron chi connectivity index (χ3n) is 12.5. The third kappa shape index (κ3) is 4.78. The highest BCUT2D eigenvalue weighted by molar-refractivity contribution is 6.26. The summed E-state index contributed by atoms with van der Waals surface area (Å²) in [6, 6.07) is 65.4. The van der Waals surface area contributed by atoms with Gasteiger partial charge in [0, 0.05) is 27.3 Å². The molecule has 4 heteroatoms. The molecule has 1 aliphatic rings. The van der Waals surface area contributed by atoms with E-state index in [-0.39, 0.29) is 5.41 Å². The maximum atomic E-state index is 5.17. The Labute approximate surface area is 335 Å². The lowest BCUT2D eigenvalue weighted by atomic mass is 9.81. The van der Waals surface area contributed by atoms with Gasteiger partial charge in [-0.2, -0.15) is 9.97 Å². The zero-order valence-corrected chi connectivity index (χ0v) is 32.1. The SMILES string of the molecule is CC1(C)c2ccccc2-c2cc3c4ccccc4c4cc(-c5ccc(-c6nc(-c7ccccc7)nc(-n7c8ccccc8c8ccccc87)n6)cc5)ccc4c3cc21. The van der Waals surface area contributed by atoms with Crippen LogP contribution in [0, 0.1) is 0 Å². The number of nitrogens with zero attached hydrogens (tertiary/aromatic N) is 4. The number of benzene rings is 9. The van der Waals surface area contributed by atoms with Crippen LogP contribution in [0.2, 0.25) is 0 Å². The average molecular weight is 741 g/mol. The van der Waals surface area contributed by atoms with Crippen molar-refractivity contribution in [3.63, 3.8) is 0 Å². The Morgan fingerprint density at radius 2 is 0.845 bits per heavy atom. The second kappa shape index (κ2) is 12.3. The Hall–Kier alpha value is -7.43. The van der Waals surface area contributed by atoms with Crippen LogP contribution >= 0.6 is 0 Å². The van der Waals surface area contributed by atoms with Crippen molar-refractivity contribution < 1.29 is 0 Å². The normalized spacial score (nSPS) is 13.1. The van der Waals surface area contributed by atoms with Gasteiger partial charge in [-0.05, 0) is 96.0 Å². The third-order valence-corrected chi connectivity index (χ3v) is 12.5. The Morgan fingerprint density at radius 3 is 1.53 bits per heavy atom. The zero-order valence-electron chi connectivity index (χ0n) is 32.1. The van der Waals surface area contributed by atoms with Crippen molar-refractivity contribution in [3.8, 4) is 51.0 Å². The second-order valence-electron chi connectivity index (χ2n) is 16.0. The Kier molecular flexibility index (Phi) is 6.94. The van der Waals surface area contributed by atoms with Crippen LogP contribution in [0.1, 0.15) is 25.0 Å². The first-order valence-electron chi connectivity index (χ1n) is 19.9. The smallest absolute Gasteiger partial charge is 0.238 e. The number of fused-ring (bicyclic) bond motifs is 12. The van der Waals surface area contributed by atoms with E-state index in [2.05, 4.69) is 182 Å². The van der Waals surface area contributed by atoms with Crippen LogP contribution in [-0.2, 0) is 5.41 Å². The van der Waals surface area contributed by atoms with Crippen molar-refractivity contribution in [1.82, 2.24) is 19.5 Å². The molecule has 0 spiro atoms. The molecule has 0 amide bonds. The number of para-hydroxylation sites is 2. The molecular formula is C54H36N4. The van der Waals surface area contributed by atoms with E-state index in [0.29, 0.717) is 17.6 Å². The average Bonchev–Trinajstić information content (AvgIpc) is 3.74. The van der Waals surface area contributed by atoms with Crippen LogP contribution in [0.15, 0.2) is 182 Å². The molecule has 0 saturated carbocycles. The van der Waals surface area contributed by atoms with E-state index in [1.54, 1.807) is 0 Å². The second-order valence-corrected chi connectivity index (χ2v) is 16.0. The molecular weight excluding hydrogens is 705 g/mol. The molecule has 0 saturated heterocycles. The Bertz CT molecular complexity index is 3410. The first-order valence-corrected chi connectivity index (χ1v) is 19.9. The standard InChI is InChI=1S/C54H36N4/c1-54(2)47-21-11-8-18-40(47)46-31-44-38-17-7-6-16-37(38)43-30-36(28-29-39(43)45(44)32-48(46)54)33-24-26-35(27-25-33)52-55-51(34-14-4-3-5-15-34)56-53(57-52)58-49-22-12-9-19-41(49)42-20-10-13-23-50(42)58/h3-32H,1-2H3. The van der Waals surface area contributed by atoms with Gasteiger partial charge in [-0.3, -0.25) is 4.57 Å². The van der Waals surface area contributed by atoms with Crippen LogP contribution < -0.4 is 0 Å². The molecule has 0 unspecified atom stereocenters. The van der Waals surface area contributed by atoms with E-state index in [0.717, 1.165) is 27.7 Å². The van der Waals surface area contributed by atoms with Gasteiger partial charge in [0.2, 0.25) is 5.95 Å². The molecule has 272 valence electrons. The molecule has 0 bridgehead atoms. The van der Waals surface area contributed by atoms with E-state index in [9.17, 15) is 0 Å². The van der Waals surface area contributed by atoms with E-state index in [4.69, 9.17) is 15.0 Å². The summed E-state index contributed by atoms with van der Waals surface area (Å²) in [7, 11) is 0. The van der Waals surface area contributed by atoms with Crippen LogP contribution in [-0.4, -0.2) is 19.5 Å². The van der Waals surface area contributed by atoms with Crippen LogP contribution in [0.4, 0.5) is 0 Å². The number of hydrogen-bond acceptors (Lipinski definition) is 3. The summed E-state index contributed by atoms with van der Waals surface area (Å²) in [5.41, 5.74) is 11.7. The van der Waals surface area contributed by atoms with Crippen molar-refractivity contribution in [2.75, 3.05) is 0 Å². The maximum absolute atomic E-state index is 5.17. The van der Waals surface area contributed by atoms with Crippen molar-refractivity contribution in [2.45, 2.75) is 19.3 Å². The van der Waals surface area contributed by atoms with E-state index in [1.165, 1.54) is 70.9 Å². The molecule has 4 nitrogen and oxygen atoms in total. The molecule has 9 aromatic carbocycles. The lowest BCUT2D eigenvalue weighted by molar-refractivity contribution is 0.661. The fourth-order valence-corrected chi connectivity index (χ4v) is 9.59. The molecule has 2 aromatic heterocycles. The number of rotatable bonds is 4. The molecule has 1 aliphatic carbocycles. The van der Waals surface area contributed by atoms with Gasteiger partial charge in [0.15, 0.2) is 11.6 Å². The molecule has 0 fully saturated rings. The molecule has 2 heterocycles. The summed E-state index contributed by atoms with van der Waals surface area (Å²) in [6.45, 7) is 4.72. The molecule has 0 atom stereocenters. The minimum absolute atomic E-state index is 0.0651. The highest BCUT2D eigenvalue weighted by Gasteiger charge is 2.35. The molecule has 58 heavy (non-hydrogen) atoms. The van der Waals surface area contributed by atoms with Crippen molar-refractivity contribution in [1.29, 1.82) is 0 Å². The first kappa shape index (κ1) is 32.8.